The summed E-state index contributed by atoms with van der Waals surface area (Å²) < 4.78 is 0. The molecule has 88 valence electrons. The average molecular weight is 228 g/mol. The quantitative estimate of drug-likeness (QED) is 0.827. The number of benzene rings is 1. The number of aromatic nitrogens is 2. The second-order valence-corrected chi connectivity index (χ2v) is 4.30. The normalized spacial score (nSPS) is 10.8. The molecule has 0 saturated carbocycles. The van der Waals surface area contributed by atoms with Gasteiger partial charge in [0.05, 0.1) is 11.9 Å². The van der Waals surface area contributed by atoms with E-state index in [4.69, 9.17) is 11.5 Å². The minimum Gasteiger partial charge on any atom is -0.381 e. The van der Waals surface area contributed by atoms with Gasteiger partial charge in [0.1, 0.15) is 0 Å². The van der Waals surface area contributed by atoms with Crippen molar-refractivity contribution in [3.63, 3.8) is 0 Å². The molecular weight excluding hydrogens is 212 g/mol. The molecule has 1 aromatic carbocycles. The predicted molar refractivity (Wildman–Crippen MR) is 70.4 cm³/mol. The van der Waals surface area contributed by atoms with Crippen molar-refractivity contribution in [1.29, 1.82) is 0 Å². The Hall–Kier alpha value is -2.10. The van der Waals surface area contributed by atoms with Crippen molar-refractivity contribution in [2.45, 2.75) is 19.8 Å². The van der Waals surface area contributed by atoms with Gasteiger partial charge in [0.2, 0.25) is 0 Å². The van der Waals surface area contributed by atoms with Crippen LogP contribution >= 0.6 is 0 Å². The van der Waals surface area contributed by atoms with E-state index < -0.39 is 0 Å². The molecule has 0 fully saturated rings. The predicted octanol–water partition coefficient (Wildman–Crippen LogP) is 2.43. The molecule has 0 saturated heterocycles. The molecular formula is C13H16N4. The Morgan fingerprint density at radius 2 is 1.65 bits per heavy atom. The Morgan fingerprint density at radius 3 is 2.18 bits per heavy atom. The Labute approximate surface area is 101 Å². The summed E-state index contributed by atoms with van der Waals surface area (Å²) >= 11 is 0. The minimum absolute atomic E-state index is 0.271. The first-order valence-corrected chi connectivity index (χ1v) is 5.56. The zero-order valence-electron chi connectivity index (χ0n) is 10.0. The summed E-state index contributed by atoms with van der Waals surface area (Å²) in [4.78, 5) is 8.21. The van der Waals surface area contributed by atoms with Gasteiger partial charge in [-0.25, -0.2) is 9.97 Å². The average Bonchev–Trinajstić information content (AvgIpc) is 2.33. The van der Waals surface area contributed by atoms with Crippen LogP contribution in [0.15, 0.2) is 30.5 Å². The standard InChI is InChI=1S/C13H16N4/c1-8(2)9-3-5-10(6-4-9)11-7-16-12(14)13(15)17-11/h3-8H,1-2H3,(H2,14,16)(H2,15,17). The fourth-order valence-corrected chi connectivity index (χ4v) is 1.59. The van der Waals surface area contributed by atoms with E-state index in [0.717, 1.165) is 11.3 Å². The van der Waals surface area contributed by atoms with Crippen LogP contribution in [0.1, 0.15) is 25.3 Å². The van der Waals surface area contributed by atoms with Gasteiger partial charge < -0.3 is 11.5 Å². The molecule has 4 N–H and O–H groups in total. The van der Waals surface area contributed by atoms with Gasteiger partial charge in [-0.2, -0.15) is 0 Å². The molecule has 0 atom stereocenters. The molecule has 2 rings (SSSR count). The lowest BCUT2D eigenvalue weighted by Gasteiger charge is -2.07. The first-order valence-electron chi connectivity index (χ1n) is 5.56. The Kier molecular flexibility index (Phi) is 2.95. The lowest BCUT2D eigenvalue weighted by molar-refractivity contribution is 0.867. The van der Waals surface area contributed by atoms with E-state index in [1.807, 2.05) is 12.1 Å². The van der Waals surface area contributed by atoms with Crippen LogP contribution in [0.4, 0.5) is 11.6 Å². The molecule has 0 amide bonds. The molecule has 0 spiro atoms. The van der Waals surface area contributed by atoms with Crippen LogP contribution in [-0.4, -0.2) is 9.97 Å². The highest BCUT2D eigenvalue weighted by Crippen LogP contribution is 2.22. The van der Waals surface area contributed by atoms with Crippen molar-refractivity contribution in [3.05, 3.63) is 36.0 Å². The summed E-state index contributed by atoms with van der Waals surface area (Å²) in [5, 5.41) is 0. The van der Waals surface area contributed by atoms with Gasteiger partial charge in [0.25, 0.3) is 0 Å². The van der Waals surface area contributed by atoms with Crippen LogP contribution in [-0.2, 0) is 0 Å². The van der Waals surface area contributed by atoms with Crippen molar-refractivity contribution in [3.8, 4) is 11.3 Å². The number of hydrogen-bond donors (Lipinski definition) is 2. The molecule has 2 aromatic rings. The van der Waals surface area contributed by atoms with Gasteiger partial charge in [0, 0.05) is 5.56 Å². The topological polar surface area (TPSA) is 77.8 Å². The smallest absolute Gasteiger partial charge is 0.166 e. The highest BCUT2D eigenvalue weighted by atomic mass is 15.0. The maximum Gasteiger partial charge on any atom is 0.166 e. The maximum atomic E-state index is 5.64. The molecule has 4 nitrogen and oxygen atoms in total. The number of nitrogen functional groups attached to an aromatic ring is 2. The summed E-state index contributed by atoms with van der Waals surface area (Å²) in [6.07, 6.45) is 1.63. The number of nitrogens with two attached hydrogens (primary N) is 2. The summed E-state index contributed by atoms with van der Waals surface area (Å²) in [5.41, 5.74) is 14.2. The Balaban J connectivity index is 2.36. The number of nitrogens with zero attached hydrogens (tertiary/aromatic N) is 2. The molecule has 4 heteroatoms. The number of rotatable bonds is 2. The SMILES string of the molecule is CC(C)c1ccc(-c2cnc(N)c(N)n2)cc1. The first kappa shape index (κ1) is 11.4. The Bertz CT molecular complexity index is 517. The Morgan fingerprint density at radius 1 is 1.00 bits per heavy atom. The third-order valence-corrected chi connectivity index (χ3v) is 2.70. The fraction of sp³-hybridized carbons (Fsp3) is 0.231. The second kappa shape index (κ2) is 4.41. The van der Waals surface area contributed by atoms with Crippen LogP contribution in [0.2, 0.25) is 0 Å². The van der Waals surface area contributed by atoms with Crippen molar-refractivity contribution in [2.75, 3.05) is 11.5 Å². The minimum atomic E-state index is 0.271. The molecule has 0 aliphatic carbocycles. The van der Waals surface area contributed by atoms with E-state index in [1.165, 1.54) is 5.56 Å². The zero-order valence-corrected chi connectivity index (χ0v) is 10.0. The molecule has 1 aromatic heterocycles. The summed E-state index contributed by atoms with van der Waals surface area (Å²) in [5.74, 6) is 1.06. The monoisotopic (exact) mass is 228 g/mol. The molecule has 0 unspecified atom stereocenters. The van der Waals surface area contributed by atoms with Crippen LogP contribution in [0.5, 0.6) is 0 Å². The molecule has 17 heavy (non-hydrogen) atoms. The largest absolute Gasteiger partial charge is 0.381 e. The van der Waals surface area contributed by atoms with Gasteiger partial charge in [-0.3, -0.25) is 0 Å². The van der Waals surface area contributed by atoms with Crippen molar-refractivity contribution < 1.29 is 0 Å². The third-order valence-electron chi connectivity index (χ3n) is 2.70. The van der Waals surface area contributed by atoms with E-state index >= 15 is 0 Å². The van der Waals surface area contributed by atoms with Crippen LogP contribution in [0.3, 0.4) is 0 Å². The van der Waals surface area contributed by atoms with E-state index in [0.29, 0.717) is 5.92 Å². The van der Waals surface area contributed by atoms with Crippen LogP contribution in [0, 0.1) is 0 Å². The number of anilines is 2. The van der Waals surface area contributed by atoms with E-state index in [2.05, 4.69) is 35.9 Å². The van der Waals surface area contributed by atoms with Gasteiger partial charge >= 0.3 is 0 Å². The van der Waals surface area contributed by atoms with Gasteiger partial charge in [-0.05, 0) is 11.5 Å². The van der Waals surface area contributed by atoms with Crippen LogP contribution < -0.4 is 11.5 Å². The van der Waals surface area contributed by atoms with E-state index in [-0.39, 0.29) is 11.6 Å². The van der Waals surface area contributed by atoms with E-state index in [9.17, 15) is 0 Å². The fourth-order valence-electron chi connectivity index (χ4n) is 1.59. The number of hydrogen-bond acceptors (Lipinski definition) is 4. The zero-order chi connectivity index (χ0) is 12.4. The second-order valence-electron chi connectivity index (χ2n) is 4.30. The van der Waals surface area contributed by atoms with E-state index in [1.54, 1.807) is 6.20 Å². The van der Waals surface area contributed by atoms with Gasteiger partial charge in [-0.1, -0.05) is 38.1 Å². The summed E-state index contributed by atoms with van der Waals surface area (Å²) in [6, 6.07) is 8.23. The van der Waals surface area contributed by atoms with Crippen molar-refractivity contribution >= 4 is 11.6 Å². The highest BCUT2D eigenvalue weighted by molar-refractivity contribution is 5.64. The summed E-state index contributed by atoms with van der Waals surface area (Å²) in [7, 11) is 0. The lowest BCUT2D eigenvalue weighted by atomic mass is 10.0. The molecule has 0 bridgehead atoms. The molecule has 0 aliphatic heterocycles. The molecule has 0 radical (unpaired) electrons. The van der Waals surface area contributed by atoms with Crippen molar-refractivity contribution in [1.82, 2.24) is 9.97 Å². The van der Waals surface area contributed by atoms with Gasteiger partial charge in [-0.15, -0.1) is 0 Å². The maximum absolute atomic E-state index is 5.64. The molecule has 1 heterocycles. The highest BCUT2D eigenvalue weighted by Gasteiger charge is 2.04. The first-order chi connectivity index (χ1) is 8.08. The third kappa shape index (κ3) is 2.36. The molecule has 0 aliphatic rings. The lowest BCUT2D eigenvalue weighted by Crippen LogP contribution is -2.01. The van der Waals surface area contributed by atoms with Gasteiger partial charge in [0.15, 0.2) is 11.6 Å². The van der Waals surface area contributed by atoms with Crippen molar-refractivity contribution in [2.24, 2.45) is 0 Å². The van der Waals surface area contributed by atoms with Crippen LogP contribution in [0.25, 0.3) is 11.3 Å². The summed E-state index contributed by atoms with van der Waals surface area (Å²) in [6.45, 7) is 4.33.